The second-order valence-corrected chi connectivity index (χ2v) is 7.27. The Hall–Kier alpha value is -2.39. The summed E-state index contributed by atoms with van der Waals surface area (Å²) in [5, 5.41) is 11.3. The predicted molar refractivity (Wildman–Crippen MR) is 91.6 cm³/mol. The van der Waals surface area contributed by atoms with Crippen molar-refractivity contribution in [3.8, 4) is 11.5 Å². The molecular formula is C16H13N3O4S2. The highest BCUT2D eigenvalue weighted by Crippen LogP contribution is 2.33. The maximum absolute atomic E-state index is 12.3. The van der Waals surface area contributed by atoms with Gasteiger partial charge in [0.1, 0.15) is 0 Å². The number of ether oxygens (including phenoxy) is 2. The number of carbonyl (C=O) groups is 1. The van der Waals surface area contributed by atoms with Crippen molar-refractivity contribution < 1.29 is 18.7 Å². The summed E-state index contributed by atoms with van der Waals surface area (Å²) in [7, 11) is 0. The molecule has 3 aromatic rings. The molecule has 0 N–H and O–H groups in total. The van der Waals surface area contributed by atoms with Crippen molar-refractivity contribution in [1.82, 2.24) is 15.2 Å². The van der Waals surface area contributed by atoms with Crippen molar-refractivity contribution in [2.75, 3.05) is 12.5 Å². The number of fused-ring (bicyclic) bond motifs is 1. The van der Waals surface area contributed by atoms with Gasteiger partial charge in [-0.15, -0.1) is 21.5 Å². The van der Waals surface area contributed by atoms with Crippen LogP contribution in [0.4, 0.5) is 0 Å². The number of aryl methyl sites for hydroxylation is 1. The fourth-order valence-corrected chi connectivity index (χ4v) is 3.58. The molecule has 1 aliphatic heterocycles. The van der Waals surface area contributed by atoms with Gasteiger partial charge in [0.05, 0.1) is 22.9 Å². The number of thioether (sulfide) groups is 1. The summed E-state index contributed by atoms with van der Waals surface area (Å²) in [6.07, 6.45) is 0.494. The number of carbonyl (C=O) groups excluding carboxylic acids is 1. The van der Waals surface area contributed by atoms with Crippen molar-refractivity contribution in [1.29, 1.82) is 0 Å². The molecule has 0 aliphatic carbocycles. The van der Waals surface area contributed by atoms with E-state index in [1.807, 2.05) is 12.3 Å². The van der Waals surface area contributed by atoms with Crippen LogP contribution >= 0.6 is 23.1 Å². The minimum Gasteiger partial charge on any atom is -0.454 e. The van der Waals surface area contributed by atoms with Crippen LogP contribution in [0.3, 0.4) is 0 Å². The molecule has 0 spiro atoms. The molecule has 1 aromatic carbocycles. The Bertz CT molecular complexity index is 922. The zero-order chi connectivity index (χ0) is 17.2. The zero-order valence-corrected chi connectivity index (χ0v) is 14.9. The fraction of sp³-hybridized carbons (Fsp3) is 0.250. The monoisotopic (exact) mass is 375 g/mol. The van der Waals surface area contributed by atoms with Gasteiger partial charge in [-0.05, 0) is 25.1 Å². The second-order valence-electron chi connectivity index (χ2n) is 5.28. The van der Waals surface area contributed by atoms with Crippen LogP contribution in [0.5, 0.6) is 11.5 Å². The van der Waals surface area contributed by atoms with Gasteiger partial charge >= 0.3 is 0 Å². The van der Waals surface area contributed by atoms with E-state index >= 15 is 0 Å². The molecule has 1 aliphatic rings. The first-order valence-corrected chi connectivity index (χ1v) is 9.33. The van der Waals surface area contributed by atoms with Gasteiger partial charge in [-0.1, -0.05) is 11.8 Å². The van der Waals surface area contributed by atoms with E-state index in [-0.39, 0.29) is 18.3 Å². The SMILES string of the molecule is Cc1nc(Cc2nnc(SCC(=O)c3ccc4c(c3)OCO4)o2)cs1. The molecule has 0 atom stereocenters. The van der Waals surface area contributed by atoms with E-state index in [2.05, 4.69) is 15.2 Å². The van der Waals surface area contributed by atoms with Gasteiger partial charge < -0.3 is 13.9 Å². The Morgan fingerprint density at radius 3 is 3.00 bits per heavy atom. The Balaban J connectivity index is 1.36. The van der Waals surface area contributed by atoms with Crippen molar-refractivity contribution in [3.05, 3.63) is 45.7 Å². The van der Waals surface area contributed by atoms with E-state index in [9.17, 15) is 4.79 Å². The molecule has 0 fully saturated rings. The van der Waals surface area contributed by atoms with Crippen molar-refractivity contribution in [2.45, 2.75) is 18.6 Å². The second kappa shape index (κ2) is 6.85. The minimum absolute atomic E-state index is 0.0434. The number of thiazole rings is 1. The summed E-state index contributed by atoms with van der Waals surface area (Å²) >= 11 is 2.79. The molecule has 128 valence electrons. The first-order valence-electron chi connectivity index (χ1n) is 7.46. The van der Waals surface area contributed by atoms with Crippen molar-refractivity contribution >= 4 is 28.9 Å². The van der Waals surface area contributed by atoms with Crippen LogP contribution in [0, 0.1) is 6.92 Å². The summed E-state index contributed by atoms with van der Waals surface area (Å²) in [5.74, 6) is 1.90. The average molecular weight is 375 g/mol. The summed E-state index contributed by atoms with van der Waals surface area (Å²) < 4.78 is 16.1. The topological polar surface area (TPSA) is 87.3 Å². The largest absolute Gasteiger partial charge is 0.454 e. The lowest BCUT2D eigenvalue weighted by Gasteiger charge is -2.01. The molecule has 2 aromatic heterocycles. The summed E-state index contributed by atoms with van der Waals surface area (Å²) in [6, 6.07) is 5.15. The van der Waals surface area contributed by atoms with Crippen LogP contribution in [0.2, 0.25) is 0 Å². The number of nitrogens with zero attached hydrogens (tertiary/aromatic N) is 3. The van der Waals surface area contributed by atoms with E-state index < -0.39 is 0 Å². The number of benzene rings is 1. The van der Waals surface area contributed by atoms with Gasteiger partial charge in [-0.25, -0.2) is 4.98 Å². The van der Waals surface area contributed by atoms with Crippen LogP contribution in [0.1, 0.15) is 27.0 Å². The molecule has 3 heterocycles. The summed E-state index contributed by atoms with van der Waals surface area (Å²) in [6.45, 7) is 2.13. The number of rotatable bonds is 6. The molecule has 0 amide bonds. The lowest BCUT2D eigenvalue weighted by Crippen LogP contribution is -2.02. The van der Waals surface area contributed by atoms with Crippen LogP contribution < -0.4 is 9.47 Å². The van der Waals surface area contributed by atoms with Crippen LogP contribution in [0.25, 0.3) is 0 Å². The standard InChI is InChI=1S/C16H13N3O4S2/c1-9-17-11(6-24-9)5-15-18-19-16(23-15)25-7-12(20)10-2-3-13-14(4-10)22-8-21-13/h2-4,6H,5,7-8H2,1H3. The smallest absolute Gasteiger partial charge is 0.277 e. The van der Waals surface area contributed by atoms with E-state index in [4.69, 9.17) is 13.9 Å². The van der Waals surface area contributed by atoms with Gasteiger partial charge in [-0.2, -0.15) is 0 Å². The van der Waals surface area contributed by atoms with Crippen molar-refractivity contribution in [2.24, 2.45) is 0 Å². The number of ketones is 1. The normalized spacial score (nSPS) is 12.5. The third-order valence-electron chi connectivity index (χ3n) is 3.47. The molecule has 25 heavy (non-hydrogen) atoms. The third-order valence-corrected chi connectivity index (χ3v) is 5.11. The van der Waals surface area contributed by atoms with Gasteiger partial charge in [0.15, 0.2) is 17.3 Å². The fourth-order valence-electron chi connectivity index (χ4n) is 2.29. The number of hydrogen-bond donors (Lipinski definition) is 0. The van der Waals surface area contributed by atoms with Gasteiger partial charge in [-0.3, -0.25) is 4.79 Å². The molecule has 0 saturated heterocycles. The van der Waals surface area contributed by atoms with E-state index in [0.29, 0.717) is 34.6 Å². The van der Waals surface area contributed by atoms with Gasteiger partial charge in [0.2, 0.25) is 12.7 Å². The highest BCUT2D eigenvalue weighted by Gasteiger charge is 2.17. The van der Waals surface area contributed by atoms with Crippen LogP contribution in [-0.2, 0) is 6.42 Å². The maximum Gasteiger partial charge on any atom is 0.277 e. The third kappa shape index (κ3) is 3.67. The highest BCUT2D eigenvalue weighted by atomic mass is 32.2. The Morgan fingerprint density at radius 2 is 2.16 bits per heavy atom. The molecule has 9 heteroatoms. The maximum atomic E-state index is 12.3. The van der Waals surface area contributed by atoms with Crippen molar-refractivity contribution in [3.63, 3.8) is 0 Å². The average Bonchev–Trinajstić information content (AvgIpc) is 3.33. The highest BCUT2D eigenvalue weighted by molar-refractivity contribution is 7.99. The number of hydrogen-bond acceptors (Lipinski definition) is 9. The quantitative estimate of drug-likeness (QED) is 0.480. The van der Waals surface area contributed by atoms with E-state index in [1.165, 1.54) is 11.8 Å². The Morgan fingerprint density at radius 1 is 1.28 bits per heavy atom. The number of Topliss-reactive ketones (excluding diaryl/α,β-unsaturated/α-hetero) is 1. The Labute approximate surface area is 151 Å². The van der Waals surface area contributed by atoms with Crippen LogP contribution in [0.15, 0.2) is 33.2 Å². The van der Waals surface area contributed by atoms with E-state index in [1.54, 1.807) is 29.5 Å². The number of aromatic nitrogens is 3. The lowest BCUT2D eigenvalue weighted by atomic mass is 10.1. The van der Waals surface area contributed by atoms with Gasteiger partial charge in [0.25, 0.3) is 5.22 Å². The molecule has 0 unspecified atom stereocenters. The molecule has 7 nitrogen and oxygen atoms in total. The summed E-state index contributed by atoms with van der Waals surface area (Å²) in [4.78, 5) is 16.7. The first kappa shape index (κ1) is 16.1. The molecule has 0 saturated carbocycles. The zero-order valence-electron chi connectivity index (χ0n) is 13.2. The minimum atomic E-state index is -0.0434. The molecular weight excluding hydrogens is 362 g/mol. The molecule has 4 rings (SSSR count). The summed E-state index contributed by atoms with van der Waals surface area (Å²) in [5.41, 5.74) is 1.47. The lowest BCUT2D eigenvalue weighted by molar-refractivity contribution is 0.102. The predicted octanol–water partition coefficient (Wildman–Crippen LogP) is 3.13. The molecule has 0 radical (unpaired) electrons. The van der Waals surface area contributed by atoms with Gasteiger partial charge in [0, 0.05) is 10.9 Å². The Kier molecular flexibility index (Phi) is 4.41. The van der Waals surface area contributed by atoms with E-state index in [0.717, 1.165) is 10.7 Å². The van der Waals surface area contributed by atoms with Crippen LogP contribution in [-0.4, -0.2) is 33.5 Å². The molecule has 0 bridgehead atoms. The first-order chi connectivity index (χ1) is 12.2.